The molecule has 0 amide bonds. The molecule has 0 radical (unpaired) electrons. The van der Waals surface area contributed by atoms with Crippen LogP contribution in [0.15, 0.2) is 0 Å². The molecule has 122 valence electrons. The average Bonchev–Trinajstić information content (AvgIpc) is 2.69. The molecule has 3 unspecified atom stereocenters. The Morgan fingerprint density at radius 3 is 2.52 bits per heavy atom. The van der Waals surface area contributed by atoms with Crippen molar-refractivity contribution in [2.24, 2.45) is 17.3 Å². The van der Waals surface area contributed by atoms with Crippen molar-refractivity contribution in [2.45, 2.75) is 58.2 Å². The number of ether oxygens (including phenoxy) is 1. The molecular formula is C15H24F3NO2. The molecule has 0 aromatic carbocycles. The summed E-state index contributed by atoms with van der Waals surface area (Å²) in [7, 11) is 0. The van der Waals surface area contributed by atoms with Crippen molar-refractivity contribution >= 4 is 5.97 Å². The fourth-order valence-corrected chi connectivity index (χ4v) is 3.66. The summed E-state index contributed by atoms with van der Waals surface area (Å²) < 4.78 is 44.5. The topological polar surface area (TPSA) is 38.3 Å². The van der Waals surface area contributed by atoms with Gasteiger partial charge in [-0.25, -0.2) is 0 Å². The van der Waals surface area contributed by atoms with Crippen LogP contribution >= 0.6 is 0 Å². The van der Waals surface area contributed by atoms with Crippen molar-refractivity contribution in [1.29, 1.82) is 0 Å². The minimum atomic E-state index is -4.17. The van der Waals surface area contributed by atoms with Crippen LogP contribution in [0.25, 0.3) is 0 Å². The third kappa shape index (κ3) is 3.71. The van der Waals surface area contributed by atoms with E-state index in [4.69, 9.17) is 4.74 Å². The Labute approximate surface area is 123 Å². The summed E-state index contributed by atoms with van der Waals surface area (Å²) in [5.74, 6) is -2.13. The van der Waals surface area contributed by atoms with E-state index in [-0.39, 0.29) is 18.8 Å². The van der Waals surface area contributed by atoms with Crippen LogP contribution in [0, 0.1) is 17.3 Å². The summed E-state index contributed by atoms with van der Waals surface area (Å²) in [4.78, 5) is 12.3. The minimum absolute atomic E-state index is 0.0351. The van der Waals surface area contributed by atoms with Gasteiger partial charge in [-0.15, -0.1) is 0 Å². The van der Waals surface area contributed by atoms with E-state index in [0.29, 0.717) is 25.9 Å². The summed E-state index contributed by atoms with van der Waals surface area (Å²) in [6.07, 6.45) is -2.78. The number of hydrogen-bond acceptors (Lipinski definition) is 3. The molecule has 3 atom stereocenters. The second kappa shape index (κ2) is 5.45. The normalized spacial score (nSPS) is 34.2. The molecule has 1 aliphatic heterocycles. The highest BCUT2D eigenvalue weighted by Crippen LogP contribution is 2.51. The van der Waals surface area contributed by atoms with Crippen LogP contribution in [0.1, 0.15) is 46.5 Å². The number of nitrogens with one attached hydrogen (secondary N) is 1. The quantitative estimate of drug-likeness (QED) is 0.756. The third-order valence-corrected chi connectivity index (χ3v) is 4.60. The highest BCUT2D eigenvalue weighted by Gasteiger charge is 2.54. The number of halogens is 3. The zero-order valence-corrected chi connectivity index (χ0v) is 12.8. The van der Waals surface area contributed by atoms with E-state index in [1.807, 2.05) is 0 Å². The Bertz CT molecular complexity index is 403. The molecule has 21 heavy (non-hydrogen) atoms. The lowest BCUT2D eigenvalue weighted by Gasteiger charge is -2.41. The lowest BCUT2D eigenvalue weighted by Crippen LogP contribution is -2.44. The number of alkyl halides is 3. The van der Waals surface area contributed by atoms with E-state index in [1.54, 1.807) is 20.8 Å². The van der Waals surface area contributed by atoms with Crippen LogP contribution in [0.4, 0.5) is 13.2 Å². The largest absolute Gasteiger partial charge is 0.460 e. The van der Waals surface area contributed by atoms with Crippen molar-refractivity contribution in [3.05, 3.63) is 0 Å². The van der Waals surface area contributed by atoms with E-state index < -0.39 is 29.0 Å². The van der Waals surface area contributed by atoms with Gasteiger partial charge in [0.1, 0.15) is 5.60 Å². The summed E-state index contributed by atoms with van der Waals surface area (Å²) in [6, 6.07) is 0. The van der Waals surface area contributed by atoms with Gasteiger partial charge in [-0.05, 0) is 45.4 Å². The van der Waals surface area contributed by atoms with Gasteiger partial charge >= 0.3 is 12.1 Å². The number of carbonyl (C=O) groups is 1. The zero-order chi connectivity index (χ0) is 15.9. The van der Waals surface area contributed by atoms with Gasteiger partial charge in [0.15, 0.2) is 0 Å². The lowest BCUT2D eigenvalue weighted by molar-refractivity contribution is -0.197. The monoisotopic (exact) mass is 307 g/mol. The van der Waals surface area contributed by atoms with Gasteiger partial charge in [-0.2, -0.15) is 13.2 Å². The lowest BCUT2D eigenvalue weighted by atomic mass is 9.64. The van der Waals surface area contributed by atoms with Crippen LogP contribution in [0.5, 0.6) is 0 Å². The zero-order valence-electron chi connectivity index (χ0n) is 12.8. The Morgan fingerprint density at radius 2 is 1.95 bits per heavy atom. The summed E-state index contributed by atoms with van der Waals surface area (Å²) in [5, 5.41) is 3.10. The number of carbonyl (C=O) groups excluding carboxylic acids is 1. The van der Waals surface area contributed by atoms with E-state index in [2.05, 4.69) is 5.32 Å². The first-order chi connectivity index (χ1) is 9.54. The van der Waals surface area contributed by atoms with Gasteiger partial charge in [0.25, 0.3) is 0 Å². The fraction of sp³-hybridized carbons (Fsp3) is 0.933. The molecule has 2 fully saturated rings. The smallest absolute Gasteiger partial charge is 0.391 e. The second-order valence-electron chi connectivity index (χ2n) is 7.41. The number of esters is 1. The highest BCUT2D eigenvalue weighted by atomic mass is 19.4. The SMILES string of the molecule is CC(C)(C)OC(=O)C1CNCC12CCCC(C(F)(F)F)C2. The van der Waals surface area contributed by atoms with Gasteiger partial charge in [-0.1, -0.05) is 6.42 Å². The summed E-state index contributed by atoms with van der Waals surface area (Å²) >= 11 is 0. The third-order valence-electron chi connectivity index (χ3n) is 4.60. The molecule has 6 heteroatoms. The Hall–Kier alpha value is -0.780. The van der Waals surface area contributed by atoms with Crippen LogP contribution in [0.3, 0.4) is 0 Å². The first-order valence-corrected chi connectivity index (χ1v) is 7.54. The highest BCUT2D eigenvalue weighted by molar-refractivity contribution is 5.74. The van der Waals surface area contributed by atoms with Crippen LogP contribution in [-0.2, 0) is 9.53 Å². The molecule has 1 saturated heterocycles. The fourth-order valence-electron chi connectivity index (χ4n) is 3.66. The molecule has 2 rings (SSSR count). The van der Waals surface area contributed by atoms with Gasteiger partial charge in [0.2, 0.25) is 0 Å². The standard InChI is InChI=1S/C15H24F3NO2/c1-13(2,3)21-12(20)11-8-19-9-14(11)6-4-5-10(7-14)15(16,17)18/h10-11,19H,4-9H2,1-3H3. The van der Waals surface area contributed by atoms with Crippen LogP contribution in [0.2, 0.25) is 0 Å². The summed E-state index contributed by atoms with van der Waals surface area (Å²) in [5.41, 5.74) is -1.21. The number of hydrogen-bond donors (Lipinski definition) is 1. The first-order valence-electron chi connectivity index (χ1n) is 7.54. The molecule has 1 heterocycles. The maximum absolute atomic E-state index is 13.0. The van der Waals surface area contributed by atoms with Gasteiger partial charge in [0.05, 0.1) is 11.8 Å². The van der Waals surface area contributed by atoms with Crippen molar-refractivity contribution < 1.29 is 22.7 Å². The van der Waals surface area contributed by atoms with Crippen molar-refractivity contribution in [2.75, 3.05) is 13.1 Å². The minimum Gasteiger partial charge on any atom is -0.460 e. The Kier molecular flexibility index (Phi) is 4.30. The first kappa shape index (κ1) is 16.6. The van der Waals surface area contributed by atoms with Crippen LogP contribution < -0.4 is 5.32 Å². The van der Waals surface area contributed by atoms with Gasteiger partial charge in [0, 0.05) is 13.1 Å². The van der Waals surface area contributed by atoms with Gasteiger partial charge < -0.3 is 10.1 Å². The van der Waals surface area contributed by atoms with Crippen molar-refractivity contribution in [3.8, 4) is 0 Å². The van der Waals surface area contributed by atoms with E-state index in [9.17, 15) is 18.0 Å². The molecule has 2 aliphatic rings. The molecule has 1 N–H and O–H groups in total. The molecular weight excluding hydrogens is 283 g/mol. The summed E-state index contributed by atoms with van der Waals surface area (Å²) in [6.45, 7) is 6.22. The predicted octanol–water partition coefficient (Wildman–Crippen LogP) is 3.29. The second-order valence-corrected chi connectivity index (χ2v) is 7.41. The predicted molar refractivity (Wildman–Crippen MR) is 72.7 cm³/mol. The van der Waals surface area contributed by atoms with E-state index in [1.165, 1.54) is 0 Å². The van der Waals surface area contributed by atoms with E-state index in [0.717, 1.165) is 0 Å². The molecule has 0 bridgehead atoms. The van der Waals surface area contributed by atoms with Gasteiger partial charge in [-0.3, -0.25) is 4.79 Å². The van der Waals surface area contributed by atoms with Crippen molar-refractivity contribution in [3.63, 3.8) is 0 Å². The van der Waals surface area contributed by atoms with Crippen molar-refractivity contribution in [1.82, 2.24) is 5.32 Å². The maximum Gasteiger partial charge on any atom is 0.391 e. The molecule has 1 saturated carbocycles. The maximum atomic E-state index is 13.0. The number of rotatable bonds is 1. The molecule has 0 aromatic rings. The average molecular weight is 307 g/mol. The Morgan fingerprint density at radius 1 is 1.29 bits per heavy atom. The molecule has 3 nitrogen and oxygen atoms in total. The van der Waals surface area contributed by atoms with Crippen LogP contribution in [-0.4, -0.2) is 30.8 Å². The molecule has 1 spiro atoms. The Balaban J connectivity index is 2.14. The molecule has 1 aliphatic carbocycles. The molecule has 0 aromatic heterocycles. The van der Waals surface area contributed by atoms with E-state index >= 15 is 0 Å².